The van der Waals surface area contributed by atoms with E-state index in [1.165, 1.54) is 0 Å². The van der Waals surface area contributed by atoms with Crippen molar-refractivity contribution in [2.75, 3.05) is 13.2 Å². The van der Waals surface area contributed by atoms with Crippen molar-refractivity contribution in [2.45, 2.75) is 18.6 Å². The topological polar surface area (TPSA) is 66.2 Å². The maximum absolute atomic E-state index is 9.56. The normalized spacial score (nSPS) is 19.3. The zero-order valence-corrected chi connectivity index (χ0v) is 15.6. The molecular weight excluding hydrogens is 358 g/mol. The van der Waals surface area contributed by atoms with E-state index in [2.05, 4.69) is 32.1 Å². The molecule has 0 saturated carbocycles. The summed E-state index contributed by atoms with van der Waals surface area (Å²) < 4.78 is 2.18. The highest BCUT2D eigenvalue weighted by atomic mass is 32.1. The monoisotopic (exact) mass is 379 g/mol. The van der Waals surface area contributed by atoms with Gasteiger partial charge in [0.05, 0.1) is 36.6 Å². The second kappa shape index (κ2) is 7.85. The van der Waals surface area contributed by atoms with Gasteiger partial charge in [0.15, 0.2) is 5.11 Å². The van der Waals surface area contributed by atoms with Crippen LogP contribution in [0.3, 0.4) is 0 Å². The van der Waals surface area contributed by atoms with E-state index >= 15 is 0 Å². The molecule has 27 heavy (non-hydrogen) atoms. The van der Waals surface area contributed by atoms with E-state index in [9.17, 15) is 5.11 Å². The lowest BCUT2D eigenvalue weighted by atomic mass is 10.0. The minimum absolute atomic E-state index is 0.0359. The fourth-order valence-corrected chi connectivity index (χ4v) is 3.91. The molecular formula is C20H21N5OS. The molecule has 4 rings (SSSR count). The van der Waals surface area contributed by atoms with Gasteiger partial charge in [-0.05, 0) is 48.6 Å². The van der Waals surface area contributed by atoms with Gasteiger partial charge >= 0.3 is 0 Å². The lowest BCUT2D eigenvalue weighted by Crippen LogP contribution is -2.33. The molecule has 0 amide bonds. The first-order chi connectivity index (χ1) is 13.3. The Balaban J connectivity index is 1.72. The van der Waals surface area contributed by atoms with Crippen LogP contribution in [0.1, 0.15) is 29.2 Å². The number of aliphatic hydroxyl groups is 1. The molecule has 2 N–H and O–H groups in total. The predicted octanol–water partition coefficient (Wildman–Crippen LogP) is 2.29. The molecule has 7 heteroatoms. The van der Waals surface area contributed by atoms with Gasteiger partial charge in [-0.2, -0.15) is 0 Å². The number of pyridine rings is 2. The van der Waals surface area contributed by atoms with Gasteiger partial charge in [-0.15, -0.1) is 0 Å². The average Bonchev–Trinajstić information content (AvgIpc) is 3.28. The molecule has 3 aromatic heterocycles. The maximum Gasteiger partial charge on any atom is 0.170 e. The third-order valence-electron chi connectivity index (χ3n) is 4.76. The highest BCUT2D eigenvalue weighted by Gasteiger charge is 2.40. The van der Waals surface area contributed by atoms with Gasteiger partial charge in [-0.3, -0.25) is 9.97 Å². The third-order valence-corrected chi connectivity index (χ3v) is 5.12. The number of rotatable bonds is 6. The van der Waals surface area contributed by atoms with Crippen molar-refractivity contribution in [1.29, 1.82) is 0 Å². The summed E-state index contributed by atoms with van der Waals surface area (Å²) in [4.78, 5) is 11.0. The van der Waals surface area contributed by atoms with Crippen LogP contribution in [0.5, 0.6) is 0 Å². The summed E-state index contributed by atoms with van der Waals surface area (Å²) in [6, 6.07) is 15.8. The summed E-state index contributed by atoms with van der Waals surface area (Å²) in [5.74, 6) is 0. The van der Waals surface area contributed by atoms with Crippen LogP contribution in [0.25, 0.3) is 0 Å². The number of β-amino-alcohol motifs (C(OH)–C–C–N with tert-alkyl or cyclic N) is 1. The van der Waals surface area contributed by atoms with E-state index in [1.807, 2.05) is 47.4 Å². The Morgan fingerprint density at radius 3 is 2.56 bits per heavy atom. The molecule has 0 aromatic carbocycles. The maximum atomic E-state index is 9.56. The van der Waals surface area contributed by atoms with Crippen molar-refractivity contribution in [3.8, 4) is 0 Å². The van der Waals surface area contributed by atoms with Crippen LogP contribution < -0.4 is 5.32 Å². The molecule has 1 fully saturated rings. The van der Waals surface area contributed by atoms with Crippen LogP contribution in [0.4, 0.5) is 0 Å². The van der Waals surface area contributed by atoms with Crippen LogP contribution in [-0.4, -0.2) is 42.8 Å². The Hall–Kier alpha value is -2.77. The summed E-state index contributed by atoms with van der Waals surface area (Å²) in [6.07, 6.45) is 5.65. The summed E-state index contributed by atoms with van der Waals surface area (Å²) >= 11 is 5.56. The third kappa shape index (κ3) is 3.56. The van der Waals surface area contributed by atoms with Gasteiger partial charge in [0.25, 0.3) is 0 Å². The molecule has 138 valence electrons. The van der Waals surface area contributed by atoms with Crippen LogP contribution in [-0.2, 0) is 6.54 Å². The van der Waals surface area contributed by atoms with Crippen molar-refractivity contribution in [3.05, 3.63) is 84.2 Å². The molecule has 6 nitrogen and oxygen atoms in total. The molecule has 1 aliphatic heterocycles. The zero-order valence-electron chi connectivity index (χ0n) is 14.8. The lowest BCUT2D eigenvalue weighted by Gasteiger charge is -2.28. The van der Waals surface area contributed by atoms with Gasteiger partial charge in [0, 0.05) is 30.8 Å². The Morgan fingerprint density at radius 1 is 1.04 bits per heavy atom. The quantitative estimate of drug-likeness (QED) is 0.641. The first-order valence-electron chi connectivity index (χ1n) is 8.92. The van der Waals surface area contributed by atoms with E-state index in [1.54, 1.807) is 12.4 Å². The second-order valence-electron chi connectivity index (χ2n) is 6.43. The van der Waals surface area contributed by atoms with Crippen molar-refractivity contribution < 1.29 is 5.11 Å². The Morgan fingerprint density at radius 2 is 1.85 bits per heavy atom. The lowest BCUT2D eigenvalue weighted by molar-refractivity contribution is 0.219. The number of nitrogens with zero attached hydrogens (tertiary/aromatic N) is 4. The van der Waals surface area contributed by atoms with Gasteiger partial charge in [0.2, 0.25) is 0 Å². The summed E-state index contributed by atoms with van der Waals surface area (Å²) in [5, 5.41) is 13.6. The molecule has 2 atom stereocenters. The standard InChI is InChI=1S/C20H21N5OS/c26-13-12-25-19(18(23-20(25)27)16-7-2-4-10-22-16)17-8-5-11-24(17)14-15-6-1-3-9-21-15/h1-11,18-19,26H,12-14H2,(H,23,27)/t18-,19+/m1/s1. The van der Waals surface area contributed by atoms with Crippen molar-refractivity contribution in [3.63, 3.8) is 0 Å². The molecule has 1 aliphatic rings. The van der Waals surface area contributed by atoms with E-state index < -0.39 is 0 Å². The molecule has 0 bridgehead atoms. The van der Waals surface area contributed by atoms with E-state index in [-0.39, 0.29) is 18.7 Å². The van der Waals surface area contributed by atoms with Crippen LogP contribution >= 0.6 is 12.2 Å². The fraction of sp³-hybridized carbons (Fsp3) is 0.250. The van der Waals surface area contributed by atoms with E-state index in [0.29, 0.717) is 18.2 Å². The minimum atomic E-state index is -0.0809. The smallest absolute Gasteiger partial charge is 0.170 e. The molecule has 4 heterocycles. The van der Waals surface area contributed by atoms with Gasteiger partial charge in [0.1, 0.15) is 0 Å². The minimum Gasteiger partial charge on any atom is -0.395 e. The van der Waals surface area contributed by atoms with Crippen LogP contribution in [0.15, 0.2) is 67.1 Å². The van der Waals surface area contributed by atoms with E-state index in [4.69, 9.17) is 12.2 Å². The number of aliphatic hydroxyl groups excluding tert-OH is 1. The fourth-order valence-electron chi connectivity index (χ4n) is 3.58. The van der Waals surface area contributed by atoms with Gasteiger partial charge in [-0.1, -0.05) is 12.1 Å². The van der Waals surface area contributed by atoms with Gasteiger partial charge in [-0.25, -0.2) is 0 Å². The Labute approximate surface area is 163 Å². The molecule has 1 saturated heterocycles. The molecule has 0 spiro atoms. The molecule has 0 unspecified atom stereocenters. The first-order valence-corrected chi connectivity index (χ1v) is 9.32. The van der Waals surface area contributed by atoms with Crippen LogP contribution in [0.2, 0.25) is 0 Å². The van der Waals surface area contributed by atoms with Crippen LogP contribution in [0, 0.1) is 0 Å². The second-order valence-corrected chi connectivity index (χ2v) is 6.81. The highest BCUT2D eigenvalue weighted by Crippen LogP contribution is 2.38. The van der Waals surface area contributed by atoms with Crippen molar-refractivity contribution in [2.24, 2.45) is 0 Å². The van der Waals surface area contributed by atoms with Crippen molar-refractivity contribution >= 4 is 17.3 Å². The zero-order chi connectivity index (χ0) is 18.6. The van der Waals surface area contributed by atoms with Gasteiger partial charge < -0.3 is 19.9 Å². The van der Waals surface area contributed by atoms with Crippen molar-refractivity contribution in [1.82, 2.24) is 24.8 Å². The summed E-state index contributed by atoms with van der Waals surface area (Å²) in [6.45, 7) is 1.18. The summed E-state index contributed by atoms with van der Waals surface area (Å²) in [5.41, 5.74) is 3.03. The highest BCUT2D eigenvalue weighted by molar-refractivity contribution is 7.80. The number of aromatic nitrogens is 3. The number of thiocarbonyl (C=S) groups is 1. The predicted molar refractivity (Wildman–Crippen MR) is 107 cm³/mol. The molecule has 3 aromatic rings. The Kier molecular flexibility index (Phi) is 5.13. The molecule has 0 radical (unpaired) electrons. The SMILES string of the molecule is OCCN1C(=S)N[C@H](c2ccccn2)[C@@H]1c1cccn1Cc1ccccn1. The Bertz CT molecular complexity index is 899. The number of hydrogen-bond acceptors (Lipinski definition) is 4. The first kappa shape index (κ1) is 17.6. The van der Waals surface area contributed by atoms with E-state index in [0.717, 1.165) is 17.1 Å². The number of hydrogen-bond donors (Lipinski definition) is 2. The number of nitrogens with one attached hydrogen (secondary N) is 1. The summed E-state index contributed by atoms with van der Waals surface area (Å²) in [7, 11) is 0. The largest absolute Gasteiger partial charge is 0.395 e. The average molecular weight is 379 g/mol. The molecule has 0 aliphatic carbocycles.